The summed E-state index contributed by atoms with van der Waals surface area (Å²) in [5.41, 5.74) is 0.699. The molecule has 0 radical (unpaired) electrons. The number of anilines is 1. The Labute approximate surface area is 141 Å². The normalized spacial score (nSPS) is 18.4. The van der Waals surface area contributed by atoms with Crippen molar-refractivity contribution >= 4 is 27.5 Å². The second kappa shape index (κ2) is 6.90. The second-order valence-corrected chi connectivity index (χ2v) is 7.82. The van der Waals surface area contributed by atoms with Crippen LogP contribution in [0.25, 0.3) is 0 Å². The number of carbonyl (C=O) groups is 2. The van der Waals surface area contributed by atoms with Crippen molar-refractivity contribution in [2.24, 2.45) is 0 Å². The van der Waals surface area contributed by atoms with Gasteiger partial charge >= 0.3 is 0 Å². The summed E-state index contributed by atoms with van der Waals surface area (Å²) in [5.74, 6) is -0.143. The van der Waals surface area contributed by atoms with Crippen LogP contribution in [-0.4, -0.2) is 51.3 Å². The van der Waals surface area contributed by atoms with E-state index in [-0.39, 0.29) is 23.3 Å². The molecule has 0 spiro atoms. The Hall–Kier alpha value is -1.93. The van der Waals surface area contributed by atoms with E-state index in [1.54, 1.807) is 21.9 Å². The number of hydrogen-bond donors (Lipinski definition) is 1. The third-order valence-electron chi connectivity index (χ3n) is 4.40. The quantitative estimate of drug-likeness (QED) is 0.847. The molecule has 2 amide bonds. The third-order valence-corrected chi connectivity index (χ3v) is 5.82. The zero-order valence-corrected chi connectivity index (χ0v) is 14.2. The SMILES string of the molecule is O=C(CNS(=O)(=O)c1ccc(N2CCCC2=O)cc1)N1CCCC1. The molecule has 2 aliphatic heterocycles. The van der Waals surface area contributed by atoms with Crippen molar-refractivity contribution in [3.05, 3.63) is 24.3 Å². The highest BCUT2D eigenvalue weighted by Crippen LogP contribution is 2.22. The molecule has 0 saturated carbocycles. The highest BCUT2D eigenvalue weighted by molar-refractivity contribution is 7.89. The number of nitrogens with zero attached hydrogens (tertiary/aromatic N) is 2. The van der Waals surface area contributed by atoms with Crippen molar-refractivity contribution in [1.82, 2.24) is 9.62 Å². The number of rotatable bonds is 5. The number of hydrogen-bond acceptors (Lipinski definition) is 4. The number of nitrogens with one attached hydrogen (secondary N) is 1. The first kappa shape index (κ1) is 16.9. The molecule has 7 nitrogen and oxygen atoms in total. The summed E-state index contributed by atoms with van der Waals surface area (Å²) in [6.07, 6.45) is 3.28. The van der Waals surface area contributed by atoms with Crippen LogP contribution in [0.4, 0.5) is 5.69 Å². The van der Waals surface area contributed by atoms with Crippen molar-refractivity contribution in [3.8, 4) is 0 Å². The summed E-state index contributed by atoms with van der Waals surface area (Å²) in [6, 6.07) is 6.17. The average Bonchev–Trinajstić information content (AvgIpc) is 3.24. The van der Waals surface area contributed by atoms with Crippen LogP contribution < -0.4 is 9.62 Å². The minimum atomic E-state index is -3.74. The summed E-state index contributed by atoms with van der Waals surface area (Å²) in [6.45, 7) is 1.82. The molecule has 0 aromatic heterocycles. The van der Waals surface area contributed by atoms with Gasteiger partial charge in [0.15, 0.2) is 0 Å². The second-order valence-electron chi connectivity index (χ2n) is 6.06. The van der Waals surface area contributed by atoms with Crippen LogP contribution in [-0.2, 0) is 19.6 Å². The fraction of sp³-hybridized carbons (Fsp3) is 0.500. The van der Waals surface area contributed by atoms with E-state index in [0.717, 1.165) is 19.3 Å². The van der Waals surface area contributed by atoms with Crippen molar-refractivity contribution in [2.45, 2.75) is 30.6 Å². The minimum absolute atomic E-state index is 0.0555. The summed E-state index contributed by atoms with van der Waals surface area (Å²) in [5, 5.41) is 0. The van der Waals surface area contributed by atoms with E-state index in [9.17, 15) is 18.0 Å². The van der Waals surface area contributed by atoms with E-state index in [1.165, 1.54) is 12.1 Å². The molecule has 0 bridgehead atoms. The van der Waals surface area contributed by atoms with Gasteiger partial charge in [-0.2, -0.15) is 0 Å². The van der Waals surface area contributed by atoms with E-state index in [1.807, 2.05) is 0 Å². The van der Waals surface area contributed by atoms with Crippen LogP contribution in [0.15, 0.2) is 29.2 Å². The maximum Gasteiger partial charge on any atom is 0.241 e. The van der Waals surface area contributed by atoms with Crippen molar-refractivity contribution in [1.29, 1.82) is 0 Å². The first-order valence-corrected chi connectivity index (χ1v) is 9.63. The van der Waals surface area contributed by atoms with Crippen LogP contribution in [0.5, 0.6) is 0 Å². The lowest BCUT2D eigenvalue weighted by molar-refractivity contribution is -0.128. The molecule has 1 aromatic carbocycles. The summed E-state index contributed by atoms with van der Waals surface area (Å²) in [4.78, 5) is 27.1. The molecule has 2 saturated heterocycles. The Bertz CT molecular complexity index is 724. The zero-order valence-electron chi connectivity index (χ0n) is 13.4. The lowest BCUT2D eigenvalue weighted by Gasteiger charge is -2.17. The van der Waals surface area contributed by atoms with Gasteiger partial charge < -0.3 is 9.80 Å². The zero-order chi connectivity index (χ0) is 17.2. The van der Waals surface area contributed by atoms with E-state index < -0.39 is 10.0 Å². The molecule has 2 aliphatic rings. The van der Waals surface area contributed by atoms with Crippen LogP contribution in [0.2, 0.25) is 0 Å². The summed E-state index contributed by atoms with van der Waals surface area (Å²) in [7, 11) is -3.74. The minimum Gasteiger partial charge on any atom is -0.342 e. The fourth-order valence-corrected chi connectivity index (χ4v) is 4.02. The van der Waals surface area contributed by atoms with Gasteiger partial charge in [-0.05, 0) is 43.5 Å². The Balaban J connectivity index is 1.63. The van der Waals surface area contributed by atoms with Gasteiger partial charge in [-0.25, -0.2) is 13.1 Å². The van der Waals surface area contributed by atoms with Gasteiger partial charge in [-0.3, -0.25) is 9.59 Å². The fourth-order valence-electron chi connectivity index (χ4n) is 3.04. The number of sulfonamides is 1. The van der Waals surface area contributed by atoms with Gasteiger partial charge in [0, 0.05) is 31.7 Å². The molecule has 0 atom stereocenters. The molecular weight excluding hydrogens is 330 g/mol. The standard InChI is InChI=1S/C16H21N3O4S/c20-15-4-3-11-19(15)13-5-7-14(8-6-13)24(22,23)17-12-16(21)18-9-1-2-10-18/h5-8,17H,1-4,9-12H2. The molecule has 1 N–H and O–H groups in total. The topological polar surface area (TPSA) is 86.8 Å². The van der Waals surface area contributed by atoms with Crippen molar-refractivity contribution < 1.29 is 18.0 Å². The number of carbonyl (C=O) groups excluding carboxylic acids is 2. The predicted molar refractivity (Wildman–Crippen MR) is 89.0 cm³/mol. The monoisotopic (exact) mass is 351 g/mol. The van der Waals surface area contributed by atoms with Gasteiger partial charge in [-0.15, -0.1) is 0 Å². The number of benzene rings is 1. The lowest BCUT2D eigenvalue weighted by Crippen LogP contribution is -2.38. The van der Waals surface area contributed by atoms with E-state index in [2.05, 4.69) is 4.72 Å². The highest BCUT2D eigenvalue weighted by atomic mass is 32.2. The van der Waals surface area contributed by atoms with E-state index in [0.29, 0.717) is 31.7 Å². The first-order chi connectivity index (χ1) is 11.5. The Kier molecular flexibility index (Phi) is 4.86. The van der Waals surface area contributed by atoms with Crippen molar-refractivity contribution in [2.75, 3.05) is 31.1 Å². The maximum absolute atomic E-state index is 12.3. The van der Waals surface area contributed by atoms with Crippen LogP contribution in [0, 0.1) is 0 Å². The van der Waals surface area contributed by atoms with Gasteiger partial charge in [0.05, 0.1) is 11.4 Å². The summed E-state index contributed by atoms with van der Waals surface area (Å²) >= 11 is 0. The van der Waals surface area contributed by atoms with Crippen LogP contribution in [0.3, 0.4) is 0 Å². The molecule has 3 rings (SSSR count). The number of likely N-dealkylation sites (tertiary alicyclic amines) is 1. The van der Waals surface area contributed by atoms with Gasteiger partial charge in [0.2, 0.25) is 21.8 Å². The molecular formula is C16H21N3O4S. The molecule has 0 unspecified atom stereocenters. The van der Waals surface area contributed by atoms with E-state index >= 15 is 0 Å². The predicted octanol–water partition coefficient (Wildman–Crippen LogP) is 0.714. The summed E-state index contributed by atoms with van der Waals surface area (Å²) < 4.78 is 26.9. The van der Waals surface area contributed by atoms with Crippen LogP contribution in [0.1, 0.15) is 25.7 Å². The first-order valence-electron chi connectivity index (χ1n) is 8.15. The molecule has 1 aromatic rings. The lowest BCUT2D eigenvalue weighted by atomic mass is 10.3. The highest BCUT2D eigenvalue weighted by Gasteiger charge is 2.23. The molecule has 8 heteroatoms. The van der Waals surface area contributed by atoms with E-state index in [4.69, 9.17) is 0 Å². The van der Waals surface area contributed by atoms with Crippen molar-refractivity contribution in [3.63, 3.8) is 0 Å². The molecule has 24 heavy (non-hydrogen) atoms. The largest absolute Gasteiger partial charge is 0.342 e. The Morgan fingerprint density at radius 2 is 1.71 bits per heavy atom. The van der Waals surface area contributed by atoms with Gasteiger partial charge in [-0.1, -0.05) is 0 Å². The maximum atomic E-state index is 12.3. The average molecular weight is 351 g/mol. The smallest absolute Gasteiger partial charge is 0.241 e. The number of amides is 2. The van der Waals surface area contributed by atoms with Gasteiger partial charge in [0.25, 0.3) is 0 Å². The Morgan fingerprint density at radius 1 is 1.04 bits per heavy atom. The van der Waals surface area contributed by atoms with Gasteiger partial charge in [0.1, 0.15) is 0 Å². The molecule has 130 valence electrons. The Morgan fingerprint density at radius 3 is 2.29 bits per heavy atom. The third kappa shape index (κ3) is 3.59. The molecule has 0 aliphatic carbocycles. The molecule has 2 fully saturated rings. The molecule has 2 heterocycles. The van der Waals surface area contributed by atoms with Crippen LogP contribution >= 0.6 is 0 Å².